The van der Waals surface area contributed by atoms with E-state index in [2.05, 4.69) is 42.9 Å². The number of halogens is 1. The van der Waals surface area contributed by atoms with Gasteiger partial charge in [-0.3, -0.25) is 14.9 Å². The van der Waals surface area contributed by atoms with Crippen LogP contribution in [0.1, 0.15) is 12.8 Å². The van der Waals surface area contributed by atoms with Crippen LogP contribution in [0.2, 0.25) is 0 Å². The van der Waals surface area contributed by atoms with E-state index in [0.717, 1.165) is 85.7 Å². The molecule has 2 aliphatic heterocycles. The first-order valence-electron chi connectivity index (χ1n) is 12.4. The molecule has 35 heavy (non-hydrogen) atoms. The predicted molar refractivity (Wildman–Crippen MR) is 139 cm³/mol. The summed E-state index contributed by atoms with van der Waals surface area (Å²) in [4.78, 5) is 16.6. The topological polar surface area (TPSA) is 44.7 Å². The molecule has 0 spiro atoms. The number of hydrogen-bond acceptors (Lipinski definition) is 6. The molecule has 0 radical (unpaired) electrons. The average molecular weight is 480 g/mol. The summed E-state index contributed by atoms with van der Waals surface area (Å²) in [6.07, 6.45) is 5.82. The van der Waals surface area contributed by atoms with Gasteiger partial charge in [0.2, 0.25) is 0 Å². The number of hydrogen-bond donors (Lipinski definition) is 0. The highest BCUT2D eigenvalue weighted by Crippen LogP contribution is 2.33. The van der Waals surface area contributed by atoms with Crippen molar-refractivity contribution in [3.05, 3.63) is 66.7 Å². The lowest BCUT2D eigenvalue weighted by molar-refractivity contribution is 0.160. The quantitative estimate of drug-likeness (QED) is 0.422. The summed E-state index contributed by atoms with van der Waals surface area (Å²) in [7, 11) is 1.72. The summed E-state index contributed by atoms with van der Waals surface area (Å²) in [6.45, 7) is 5.96. The summed E-state index contributed by atoms with van der Waals surface area (Å²) in [5, 5.41) is 1.71. The Hall–Kier alpha value is -3.45. The molecule has 4 aromatic rings. The second-order valence-electron chi connectivity index (χ2n) is 9.43. The van der Waals surface area contributed by atoms with Crippen LogP contribution in [0, 0.1) is 5.82 Å². The van der Waals surface area contributed by atoms with Crippen molar-refractivity contribution in [1.29, 1.82) is 0 Å². The van der Waals surface area contributed by atoms with Crippen molar-refractivity contribution in [1.82, 2.24) is 14.9 Å². The van der Waals surface area contributed by atoms with Gasteiger partial charge < -0.3 is 14.5 Å². The van der Waals surface area contributed by atoms with Gasteiger partial charge in [-0.05, 0) is 49.2 Å². The van der Waals surface area contributed by atoms with Crippen LogP contribution in [-0.2, 0) is 0 Å². The van der Waals surface area contributed by atoms with E-state index >= 15 is 0 Å². The van der Waals surface area contributed by atoms with Gasteiger partial charge in [-0.15, -0.1) is 0 Å². The molecule has 0 amide bonds. The number of pyridine rings is 2. The maximum Gasteiger partial charge on any atom is 0.132 e. The van der Waals surface area contributed by atoms with Crippen molar-refractivity contribution in [2.75, 3.05) is 56.2 Å². The Balaban J connectivity index is 1.12. The third-order valence-corrected chi connectivity index (χ3v) is 7.57. The standard InChI is InChI=1S/C28H30FN5O/c1-35-22-18-20-4-2-10-30-27(20)26(19-22)34-16-14-32(15-17-34)21-8-12-33(13-9-21)25-7-6-24(29)23-5-3-11-31-28(23)25/h2-7,10-11,18-19,21H,8-9,12-17H2,1H3/i14+2,15+2,16+2,17+2. The lowest BCUT2D eigenvalue weighted by Crippen LogP contribution is -2.53. The van der Waals surface area contributed by atoms with Crippen molar-refractivity contribution in [2.45, 2.75) is 18.9 Å². The van der Waals surface area contributed by atoms with Crippen LogP contribution < -0.4 is 14.5 Å². The van der Waals surface area contributed by atoms with Crippen LogP contribution >= 0.6 is 0 Å². The molecule has 4 heterocycles. The Labute approximate surface area is 204 Å². The number of fused-ring (bicyclic) bond motifs is 2. The summed E-state index contributed by atoms with van der Waals surface area (Å²) in [5.74, 6) is 0.668. The number of ether oxygens (including phenoxy) is 1. The minimum atomic E-state index is -0.205. The SMILES string of the molecule is COc1cc(N2[14CH2][14CH2]N(C3CCN(c4ccc(F)c5cccnc45)CC3)[14CH2][14CH2]2)c2ncccc2c1. The Kier molecular flexibility index (Phi) is 5.86. The number of rotatable bonds is 4. The van der Waals surface area contributed by atoms with E-state index in [0.29, 0.717) is 11.4 Å². The lowest BCUT2D eigenvalue weighted by atomic mass is 10.0. The second kappa shape index (κ2) is 9.30. The Morgan fingerprint density at radius 1 is 0.886 bits per heavy atom. The van der Waals surface area contributed by atoms with Crippen molar-refractivity contribution in [3.63, 3.8) is 0 Å². The van der Waals surface area contributed by atoms with Gasteiger partial charge in [0.05, 0.1) is 29.5 Å². The number of methoxy groups -OCH3 is 1. The van der Waals surface area contributed by atoms with Gasteiger partial charge in [0.25, 0.3) is 0 Å². The fraction of sp³-hybridized carbons (Fsp3) is 0.357. The molecule has 2 aromatic carbocycles. The molecule has 0 saturated carbocycles. The lowest BCUT2D eigenvalue weighted by Gasteiger charge is -2.44. The van der Waals surface area contributed by atoms with Crippen molar-refractivity contribution in [2.24, 2.45) is 0 Å². The molecule has 6 nitrogen and oxygen atoms in total. The number of piperazine rings is 1. The summed E-state index contributed by atoms with van der Waals surface area (Å²) < 4.78 is 19.8. The Bertz CT molecular complexity index is 1350. The maximum absolute atomic E-state index is 14.2. The van der Waals surface area contributed by atoms with Crippen LogP contribution in [0.25, 0.3) is 21.8 Å². The summed E-state index contributed by atoms with van der Waals surface area (Å²) in [6, 6.07) is 15.9. The highest BCUT2D eigenvalue weighted by molar-refractivity contribution is 5.92. The fourth-order valence-corrected chi connectivity index (χ4v) is 5.68. The first kappa shape index (κ1) is 22.0. The summed E-state index contributed by atoms with van der Waals surface area (Å²) >= 11 is 0. The zero-order valence-corrected chi connectivity index (χ0v) is 20.0. The number of aromatic nitrogens is 2. The van der Waals surface area contributed by atoms with Gasteiger partial charge in [0.15, 0.2) is 0 Å². The first-order chi connectivity index (χ1) is 17.2. The van der Waals surface area contributed by atoms with E-state index in [-0.39, 0.29) is 5.82 Å². The monoisotopic (exact) mass is 479 g/mol. The van der Waals surface area contributed by atoms with E-state index in [1.807, 2.05) is 24.4 Å². The predicted octanol–water partition coefficient (Wildman–Crippen LogP) is 4.72. The molecular formula is C28H30FN5O. The minimum absolute atomic E-state index is 0.205. The molecule has 6 rings (SSSR count). The van der Waals surface area contributed by atoms with E-state index in [1.165, 1.54) is 0 Å². The van der Waals surface area contributed by atoms with Gasteiger partial charge in [-0.1, -0.05) is 6.07 Å². The molecule has 0 aliphatic carbocycles. The molecule has 0 unspecified atom stereocenters. The molecule has 2 fully saturated rings. The molecule has 7 heteroatoms. The molecule has 2 aromatic heterocycles. The van der Waals surface area contributed by atoms with Crippen LogP contribution in [-0.4, -0.2) is 67.3 Å². The first-order valence-corrected chi connectivity index (χ1v) is 12.4. The van der Waals surface area contributed by atoms with Crippen LogP contribution in [0.5, 0.6) is 5.75 Å². The number of piperidine rings is 1. The molecule has 0 atom stereocenters. The van der Waals surface area contributed by atoms with E-state index < -0.39 is 0 Å². The smallest absolute Gasteiger partial charge is 0.132 e. The van der Waals surface area contributed by atoms with Gasteiger partial charge in [0, 0.05) is 74.5 Å². The third-order valence-electron chi connectivity index (χ3n) is 7.57. The Morgan fingerprint density at radius 3 is 2.40 bits per heavy atom. The van der Waals surface area contributed by atoms with Gasteiger partial charge in [-0.25, -0.2) is 4.39 Å². The maximum atomic E-state index is 14.2. The van der Waals surface area contributed by atoms with E-state index in [4.69, 9.17) is 4.74 Å². The van der Waals surface area contributed by atoms with Gasteiger partial charge in [0.1, 0.15) is 11.6 Å². The largest absolute Gasteiger partial charge is 0.497 e. The van der Waals surface area contributed by atoms with Crippen LogP contribution in [0.4, 0.5) is 15.8 Å². The second-order valence-corrected chi connectivity index (χ2v) is 9.43. The van der Waals surface area contributed by atoms with Crippen molar-refractivity contribution < 1.29 is 9.13 Å². The number of anilines is 2. The van der Waals surface area contributed by atoms with Crippen LogP contribution in [0.3, 0.4) is 0 Å². The van der Waals surface area contributed by atoms with Crippen LogP contribution in [0.15, 0.2) is 60.9 Å². The number of benzene rings is 2. The number of nitrogens with zero attached hydrogens (tertiary/aromatic N) is 5. The zero-order chi connectivity index (χ0) is 23.8. The van der Waals surface area contributed by atoms with Crippen molar-refractivity contribution >= 4 is 33.2 Å². The molecule has 0 N–H and O–H groups in total. The van der Waals surface area contributed by atoms with Gasteiger partial charge >= 0.3 is 0 Å². The Morgan fingerprint density at radius 2 is 1.63 bits per heavy atom. The highest BCUT2D eigenvalue weighted by atomic mass is 19.1. The molecular weight excluding hydrogens is 449 g/mol. The molecule has 180 valence electrons. The van der Waals surface area contributed by atoms with Gasteiger partial charge in [-0.2, -0.15) is 0 Å². The minimum Gasteiger partial charge on any atom is -0.497 e. The molecule has 2 saturated heterocycles. The fourth-order valence-electron chi connectivity index (χ4n) is 5.68. The summed E-state index contributed by atoms with van der Waals surface area (Å²) in [5.41, 5.74) is 4.00. The average Bonchev–Trinajstić information content (AvgIpc) is 2.93. The zero-order valence-electron chi connectivity index (χ0n) is 20.0. The van der Waals surface area contributed by atoms with Crippen molar-refractivity contribution in [3.8, 4) is 5.75 Å². The highest BCUT2D eigenvalue weighted by Gasteiger charge is 2.29. The molecule has 2 aliphatic rings. The molecule has 0 bridgehead atoms. The van der Waals surface area contributed by atoms with E-state index in [9.17, 15) is 4.39 Å². The normalized spacial score (nSPS) is 17.9. The third kappa shape index (κ3) is 4.14. The van der Waals surface area contributed by atoms with E-state index in [1.54, 1.807) is 25.4 Å².